The summed E-state index contributed by atoms with van der Waals surface area (Å²) in [6.07, 6.45) is 1.68. The van der Waals surface area contributed by atoms with Crippen molar-refractivity contribution in [2.45, 2.75) is 26.7 Å². The highest BCUT2D eigenvalue weighted by atomic mass is 16.5. The Morgan fingerprint density at radius 1 is 1.33 bits per heavy atom. The molecule has 18 heavy (non-hydrogen) atoms. The Morgan fingerprint density at radius 2 is 1.94 bits per heavy atom. The Kier molecular flexibility index (Phi) is 5.72. The van der Waals surface area contributed by atoms with E-state index in [1.807, 2.05) is 19.9 Å². The Bertz CT molecular complexity index is 416. The first-order chi connectivity index (χ1) is 8.71. The van der Waals surface area contributed by atoms with Crippen LogP contribution in [0.15, 0.2) is 24.3 Å². The Labute approximate surface area is 108 Å². The maximum atomic E-state index is 11.8. The van der Waals surface area contributed by atoms with Crippen LogP contribution in [-0.4, -0.2) is 12.5 Å². The molecule has 0 saturated heterocycles. The third-order valence-corrected chi connectivity index (χ3v) is 2.78. The summed E-state index contributed by atoms with van der Waals surface area (Å²) in [4.78, 5) is 11.8. The van der Waals surface area contributed by atoms with E-state index in [1.165, 1.54) is 0 Å². The average Bonchev–Trinajstić information content (AvgIpc) is 2.39. The molecule has 0 aromatic heterocycles. The monoisotopic (exact) mass is 246 g/mol. The van der Waals surface area contributed by atoms with Gasteiger partial charge in [0.2, 0.25) is 5.91 Å². The van der Waals surface area contributed by atoms with E-state index in [0.717, 1.165) is 18.5 Å². The highest BCUT2D eigenvalue weighted by Gasteiger charge is 2.13. The van der Waals surface area contributed by atoms with E-state index in [2.05, 4.69) is 5.32 Å². The lowest BCUT2D eigenvalue weighted by atomic mass is 10.0. The number of rotatable bonds is 6. The van der Waals surface area contributed by atoms with E-state index in [0.29, 0.717) is 5.75 Å². The minimum Gasteiger partial charge on any atom is -0.479 e. The number of carbonyl (C=O) groups excluding carboxylic acids is 1. The molecular weight excluding hydrogens is 228 g/mol. The van der Waals surface area contributed by atoms with Crippen molar-refractivity contribution in [3.63, 3.8) is 0 Å². The van der Waals surface area contributed by atoms with E-state index in [1.54, 1.807) is 24.3 Å². The van der Waals surface area contributed by atoms with Gasteiger partial charge >= 0.3 is 0 Å². The van der Waals surface area contributed by atoms with Gasteiger partial charge in [-0.3, -0.25) is 4.79 Å². The van der Waals surface area contributed by atoms with E-state index in [9.17, 15) is 4.79 Å². The first-order valence-electron chi connectivity index (χ1n) is 6.11. The van der Waals surface area contributed by atoms with Crippen molar-refractivity contribution in [3.05, 3.63) is 24.3 Å². The Hall–Kier alpha value is -2.02. The lowest BCUT2D eigenvalue weighted by molar-refractivity contribution is -0.120. The molecule has 0 heterocycles. The van der Waals surface area contributed by atoms with Gasteiger partial charge in [-0.1, -0.05) is 13.8 Å². The standard InChI is InChI=1S/C14H18N2O2/c1-3-11(4-2)14(17)16-12-5-7-13(8-6-12)18-10-9-15/h5-8,11H,3-4,10H2,1-2H3,(H,16,17). The number of anilines is 1. The number of amides is 1. The fourth-order valence-corrected chi connectivity index (χ4v) is 1.65. The van der Waals surface area contributed by atoms with Crippen molar-refractivity contribution < 1.29 is 9.53 Å². The molecule has 1 aromatic rings. The molecule has 1 aromatic carbocycles. The maximum Gasteiger partial charge on any atom is 0.227 e. The summed E-state index contributed by atoms with van der Waals surface area (Å²) in [7, 11) is 0. The second-order valence-electron chi connectivity index (χ2n) is 3.97. The molecule has 0 unspecified atom stereocenters. The molecular formula is C14H18N2O2. The second-order valence-corrected chi connectivity index (χ2v) is 3.97. The van der Waals surface area contributed by atoms with Gasteiger partial charge in [0, 0.05) is 11.6 Å². The largest absolute Gasteiger partial charge is 0.479 e. The van der Waals surface area contributed by atoms with Crippen LogP contribution in [0.5, 0.6) is 5.75 Å². The third-order valence-electron chi connectivity index (χ3n) is 2.78. The van der Waals surface area contributed by atoms with Gasteiger partial charge < -0.3 is 10.1 Å². The van der Waals surface area contributed by atoms with Gasteiger partial charge in [-0.05, 0) is 37.1 Å². The van der Waals surface area contributed by atoms with Gasteiger partial charge in [-0.15, -0.1) is 0 Å². The van der Waals surface area contributed by atoms with Crippen LogP contribution in [0.1, 0.15) is 26.7 Å². The number of ether oxygens (including phenoxy) is 1. The molecule has 0 atom stereocenters. The molecule has 4 heteroatoms. The van der Waals surface area contributed by atoms with Gasteiger partial charge in [-0.2, -0.15) is 5.26 Å². The minimum atomic E-state index is 0.0272. The fourth-order valence-electron chi connectivity index (χ4n) is 1.65. The summed E-state index contributed by atoms with van der Waals surface area (Å²) >= 11 is 0. The first-order valence-corrected chi connectivity index (χ1v) is 6.11. The Morgan fingerprint density at radius 3 is 2.44 bits per heavy atom. The SMILES string of the molecule is CCC(CC)C(=O)Nc1ccc(OCC#N)cc1. The van der Waals surface area contributed by atoms with Crippen molar-refractivity contribution >= 4 is 11.6 Å². The molecule has 0 aliphatic heterocycles. The number of nitrogens with zero attached hydrogens (tertiary/aromatic N) is 1. The smallest absolute Gasteiger partial charge is 0.227 e. The van der Waals surface area contributed by atoms with Gasteiger partial charge in [0.15, 0.2) is 6.61 Å². The van der Waals surface area contributed by atoms with E-state index >= 15 is 0 Å². The first kappa shape index (κ1) is 14.0. The topological polar surface area (TPSA) is 62.1 Å². The molecule has 1 rings (SSSR count). The molecule has 0 bridgehead atoms. The normalized spacial score (nSPS) is 9.89. The van der Waals surface area contributed by atoms with Crippen molar-refractivity contribution in [2.24, 2.45) is 5.92 Å². The van der Waals surface area contributed by atoms with E-state index in [4.69, 9.17) is 10.00 Å². The van der Waals surface area contributed by atoms with Crippen LogP contribution in [0, 0.1) is 17.2 Å². The Balaban J connectivity index is 2.58. The summed E-state index contributed by atoms with van der Waals surface area (Å²) in [6.45, 7) is 4.04. The predicted octanol–water partition coefficient (Wildman–Crippen LogP) is 2.96. The number of carbonyl (C=O) groups is 1. The highest BCUT2D eigenvalue weighted by Crippen LogP contribution is 2.17. The quantitative estimate of drug-likeness (QED) is 0.839. The lowest BCUT2D eigenvalue weighted by Crippen LogP contribution is -2.21. The van der Waals surface area contributed by atoms with Crippen LogP contribution in [0.3, 0.4) is 0 Å². The third kappa shape index (κ3) is 4.10. The van der Waals surface area contributed by atoms with E-state index in [-0.39, 0.29) is 18.4 Å². The molecule has 0 radical (unpaired) electrons. The lowest BCUT2D eigenvalue weighted by Gasteiger charge is -2.12. The number of nitriles is 1. The zero-order valence-corrected chi connectivity index (χ0v) is 10.8. The molecule has 96 valence electrons. The van der Waals surface area contributed by atoms with Crippen molar-refractivity contribution in [1.29, 1.82) is 5.26 Å². The van der Waals surface area contributed by atoms with Crippen LogP contribution in [0.2, 0.25) is 0 Å². The zero-order chi connectivity index (χ0) is 13.4. The van der Waals surface area contributed by atoms with Crippen molar-refractivity contribution in [3.8, 4) is 11.8 Å². The van der Waals surface area contributed by atoms with Gasteiger partial charge in [0.05, 0.1) is 0 Å². The number of hydrogen-bond donors (Lipinski definition) is 1. The van der Waals surface area contributed by atoms with Crippen LogP contribution in [0.25, 0.3) is 0 Å². The number of benzene rings is 1. The summed E-state index contributed by atoms with van der Waals surface area (Å²) in [5, 5.41) is 11.3. The van der Waals surface area contributed by atoms with Gasteiger partial charge in [0.25, 0.3) is 0 Å². The molecule has 0 spiro atoms. The molecule has 0 fully saturated rings. The fraction of sp³-hybridized carbons (Fsp3) is 0.429. The second kappa shape index (κ2) is 7.33. The van der Waals surface area contributed by atoms with E-state index < -0.39 is 0 Å². The summed E-state index contributed by atoms with van der Waals surface area (Å²) in [5.41, 5.74) is 0.746. The maximum absolute atomic E-state index is 11.8. The summed E-state index contributed by atoms with van der Waals surface area (Å²) in [5.74, 6) is 0.724. The van der Waals surface area contributed by atoms with Gasteiger partial charge in [0.1, 0.15) is 11.8 Å². The van der Waals surface area contributed by atoms with Gasteiger partial charge in [-0.25, -0.2) is 0 Å². The number of nitrogens with one attached hydrogen (secondary N) is 1. The molecule has 4 nitrogen and oxygen atoms in total. The molecule has 1 N–H and O–H groups in total. The van der Waals surface area contributed by atoms with Crippen LogP contribution in [-0.2, 0) is 4.79 Å². The molecule has 0 aliphatic rings. The number of hydrogen-bond acceptors (Lipinski definition) is 3. The zero-order valence-electron chi connectivity index (χ0n) is 10.8. The molecule has 1 amide bonds. The van der Waals surface area contributed by atoms with Crippen LogP contribution in [0.4, 0.5) is 5.69 Å². The minimum absolute atomic E-state index is 0.0272. The molecule has 0 saturated carbocycles. The predicted molar refractivity (Wildman–Crippen MR) is 70.3 cm³/mol. The molecule has 0 aliphatic carbocycles. The average molecular weight is 246 g/mol. The summed E-state index contributed by atoms with van der Waals surface area (Å²) in [6, 6.07) is 8.91. The summed E-state index contributed by atoms with van der Waals surface area (Å²) < 4.78 is 5.13. The van der Waals surface area contributed by atoms with Crippen LogP contribution < -0.4 is 10.1 Å². The van der Waals surface area contributed by atoms with Crippen LogP contribution >= 0.6 is 0 Å². The van der Waals surface area contributed by atoms with Crippen molar-refractivity contribution in [2.75, 3.05) is 11.9 Å². The van der Waals surface area contributed by atoms with Crippen molar-refractivity contribution in [1.82, 2.24) is 0 Å². The highest BCUT2D eigenvalue weighted by molar-refractivity contribution is 5.92.